The molecule has 1 rings (SSSR count). The molecule has 12 heavy (non-hydrogen) atoms. The number of aromatic hydroxyl groups is 1. The van der Waals surface area contributed by atoms with Crippen molar-refractivity contribution in [1.82, 2.24) is 0 Å². The van der Waals surface area contributed by atoms with Gasteiger partial charge in [0.2, 0.25) is 0 Å². The lowest BCUT2D eigenvalue weighted by Crippen LogP contribution is -1.81. The van der Waals surface area contributed by atoms with Crippen LogP contribution in [0.5, 0.6) is 5.75 Å². The number of nitrogens with zero attached hydrogens (tertiary/aromatic N) is 1. The third-order valence-corrected chi connectivity index (χ3v) is 2.36. The summed E-state index contributed by atoms with van der Waals surface area (Å²) in [5.41, 5.74) is 0.284. The standard InChI is InChI=1S/C8H6ClNOS/c1-12-8-3-5(9)2-7(11)6(8)4-10/h2-3,11H,1H3. The van der Waals surface area contributed by atoms with E-state index >= 15 is 0 Å². The van der Waals surface area contributed by atoms with Gasteiger partial charge in [0.25, 0.3) is 0 Å². The monoisotopic (exact) mass is 199 g/mol. The molecule has 0 spiro atoms. The fourth-order valence-electron chi connectivity index (χ4n) is 0.841. The minimum Gasteiger partial charge on any atom is -0.506 e. The van der Waals surface area contributed by atoms with Crippen molar-refractivity contribution in [3.8, 4) is 11.8 Å². The average molecular weight is 200 g/mol. The highest BCUT2D eigenvalue weighted by Crippen LogP contribution is 2.30. The Kier molecular flexibility index (Phi) is 2.85. The van der Waals surface area contributed by atoms with Crippen LogP contribution in [-0.2, 0) is 0 Å². The normalized spacial score (nSPS) is 9.42. The molecule has 62 valence electrons. The molecule has 1 N–H and O–H groups in total. The molecule has 0 aliphatic heterocycles. The Hall–Kier alpha value is -0.850. The first kappa shape index (κ1) is 9.24. The fraction of sp³-hybridized carbons (Fsp3) is 0.125. The topological polar surface area (TPSA) is 44.0 Å². The van der Waals surface area contributed by atoms with Crippen LogP contribution in [0.4, 0.5) is 0 Å². The number of halogens is 1. The van der Waals surface area contributed by atoms with Crippen LogP contribution < -0.4 is 0 Å². The van der Waals surface area contributed by atoms with Crippen LogP contribution in [0, 0.1) is 11.3 Å². The zero-order valence-corrected chi connectivity index (χ0v) is 7.91. The van der Waals surface area contributed by atoms with Crippen LogP contribution in [0.2, 0.25) is 5.02 Å². The Labute approximate surface area is 79.8 Å². The third kappa shape index (κ3) is 1.66. The molecule has 0 aromatic heterocycles. The van der Waals surface area contributed by atoms with E-state index in [0.717, 1.165) is 0 Å². The Morgan fingerprint density at radius 2 is 2.25 bits per heavy atom. The third-order valence-electron chi connectivity index (χ3n) is 1.38. The number of benzene rings is 1. The number of phenolic OH excluding ortho intramolecular Hbond substituents is 1. The van der Waals surface area contributed by atoms with Crippen molar-refractivity contribution in [2.24, 2.45) is 0 Å². The van der Waals surface area contributed by atoms with E-state index in [1.165, 1.54) is 17.8 Å². The van der Waals surface area contributed by atoms with Gasteiger partial charge in [-0.25, -0.2) is 0 Å². The fourth-order valence-corrected chi connectivity index (χ4v) is 1.72. The Morgan fingerprint density at radius 1 is 1.58 bits per heavy atom. The molecule has 0 bridgehead atoms. The van der Waals surface area contributed by atoms with Crippen LogP contribution in [0.25, 0.3) is 0 Å². The van der Waals surface area contributed by atoms with Gasteiger partial charge < -0.3 is 5.11 Å². The molecule has 0 unspecified atom stereocenters. The molecular weight excluding hydrogens is 194 g/mol. The molecule has 0 radical (unpaired) electrons. The molecule has 0 saturated carbocycles. The van der Waals surface area contributed by atoms with Crippen LogP contribution in [-0.4, -0.2) is 11.4 Å². The summed E-state index contributed by atoms with van der Waals surface area (Å²) < 4.78 is 0. The molecule has 0 heterocycles. The van der Waals surface area contributed by atoms with Gasteiger partial charge in [-0.15, -0.1) is 11.8 Å². The second-order valence-corrected chi connectivity index (χ2v) is 3.40. The van der Waals surface area contributed by atoms with Gasteiger partial charge in [-0.1, -0.05) is 11.6 Å². The number of phenols is 1. The molecule has 0 aliphatic rings. The predicted molar refractivity (Wildman–Crippen MR) is 49.6 cm³/mol. The van der Waals surface area contributed by atoms with Crippen molar-refractivity contribution in [1.29, 1.82) is 5.26 Å². The van der Waals surface area contributed by atoms with Gasteiger partial charge in [-0.05, 0) is 18.4 Å². The van der Waals surface area contributed by atoms with Crippen LogP contribution in [0.15, 0.2) is 17.0 Å². The average Bonchev–Trinajstić information content (AvgIpc) is 2.03. The van der Waals surface area contributed by atoms with Crippen molar-refractivity contribution in [3.05, 3.63) is 22.7 Å². The summed E-state index contributed by atoms with van der Waals surface area (Å²) in [5, 5.41) is 18.4. The van der Waals surface area contributed by atoms with Gasteiger partial charge in [-0.2, -0.15) is 5.26 Å². The molecule has 0 saturated heterocycles. The maximum Gasteiger partial charge on any atom is 0.135 e. The zero-order chi connectivity index (χ0) is 9.14. The first-order valence-electron chi connectivity index (χ1n) is 3.15. The molecular formula is C8H6ClNOS. The van der Waals surface area contributed by atoms with Crippen molar-refractivity contribution in [2.75, 3.05) is 6.26 Å². The second kappa shape index (κ2) is 3.70. The smallest absolute Gasteiger partial charge is 0.135 e. The summed E-state index contributed by atoms with van der Waals surface area (Å²) in [6, 6.07) is 4.93. The van der Waals surface area contributed by atoms with Crippen molar-refractivity contribution in [3.63, 3.8) is 0 Å². The minimum atomic E-state index is -0.0608. The van der Waals surface area contributed by atoms with Crippen LogP contribution in [0.1, 0.15) is 5.56 Å². The lowest BCUT2D eigenvalue weighted by atomic mass is 10.2. The van der Waals surface area contributed by atoms with E-state index in [1.807, 2.05) is 12.3 Å². The molecule has 0 aliphatic carbocycles. The Bertz CT molecular complexity index is 346. The SMILES string of the molecule is CSc1cc(Cl)cc(O)c1C#N. The number of thioether (sulfide) groups is 1. The van der Waals surface area contributed by atoms with Gasteiger partial charge in [0.1, 0.15) is 17.4 Å². The second-order valence-electron chi connectivity index (χ2n) is 2.11. The first-order chi connectivity index (χ1) is 5.69. The summed E-state index contributed by atoms with van der Waals surface area (Å²) in [7, 11) is 0. The van der Waals surface area contributed by atoms with Gasteiger partial charge in [-0.3, -0.25) is 0 Å². The van der Waals surface area contributed by atoms with E-state index in [1.54, 1.807) is 6.07 Å². The highest BCUT2D eigenvalue weighted by atomic mass is 35.5. The van der Waals surface area contributed by atoms with Crippen molar-refractivity contribution >= 4 is 23.4 Å². The maximum absolute atomic E-state index is 9.28. The van der Waals surface area contributed by atoms with Crippen LogP contribution in [0.3, 0.4) is 0 Å². The minimum absolute atomic E-state index is 0.0608. The van der Waals surface area contributed by atoms with Crippen LogP contribution >= 0.6 is 23.4 Å². The number of nitriles is 1. The lowest BCUT2D eigenvalue weighted by Gasteiger charge is -2.02. The van der Waals surface area contributed by atoms with E-state index in [0.29, 0.717) is 9.92 Å². The summed E-state index contributed by atoms with van der Waals surface area (Å²) in [6.45, 7) is 0. The van der Waals surface area contributed by atoms with Gasteiger partial charge in [0.15, 0.2) is 0 Å². The summed E-state index contributed by atoms with van der Waals surface area (Å²) in [6.07, 6.45) is 1.83. The van der Waals surface area contributed by atoms with E-state index in [4.69, 9.17) is 16.9 Å². The molecule has 0 fully saturated rings. The van der Waals surface area contributed by atoms with E-state index in [9.17, 15) is 5.11 Å². The summed E-state index contributed by atoms with van der Waals surface area (Å²) in [4.78, 5) is 0.697. The van der Waals surface area contributed by atoms with Gasteiger partial charge >= 0.3 is 0 Å². The highest BCUT2D eigenvalue weighted by molar-refractivity contribution is 7.98. The van der Waals surface area contributed by atoms with Crippen molar-refractivity contribution in [2.45, 2.75) is 4.90 Å². The lowest BCUT2D eigenvalue weighted by molar-refractivity contribution is 0.472. The molecule has 0 amide bonds. The zero-order valence-electron chi connectivity index (χ0n) is 6.34. The Balaban J connectivity index is 3.36. The van der Waals surface area contributed by atoms with E-state index in [-0.39, 0.29) is 11.3 Å². The number of hydrogen-bond acceptors (Lipinski definition) is 3. The number of hydrogen-bond donors (Lipinski definition) is 1. The molecule has 1 aromatic rings. The molecule has 2 nitrogen and oxygen atoms in total. The highest BCUT2D eigenvalue weighted by Gasteiger charge is 2.07. The Morgan fingerprint density at radius 3 is 2.75 bits per heavy atom. The number of rotatable bonds is 1. The van der Waals surface area contributed by atoms with Crippen molar-refractivity contribution < 1.29 is 5.11 Å². The first-order valence-corrected chi connectivity index (χ1v) is 4.76. The summed E-state index contributed by atoms with van der Waals surface area (Å²) in [5.74, 6) is -0.0608. The quantitative estimate of drug-likeness (QED) is 0.708. The predicted octanol–water partition coefficient (Wildman–Crippen LogP) is 2.64. The molecule has 4 heteroatoms. The van der Waals surface area contributed by atoms with E-state index in [2.05, 4.69) is 0 Å². The maximum atomic E-state index is 9.28. The van der Waals surface area contributed by atoms with Gasteiger partial charge in [0.05, 0.1) is 0 Å². The molecule has 1 aromatic carbocycles. The van der Waals surface area contributed by atoms with E-state index < -0.39 is 0 Å². The summed E-state index contributed by atoms with van der Waals surface area (Å²) >= 11 is 7.06. The largest absolute Gasteiger partial charge is 0.506 e. The van der Waals surface area contributed by atoms with Gasteiger partial charge in [0, 0.05) is 9.92 Å². The molecule has 0 atom stereocenters.